The molecule has 0 bridgehead atoms. The number of nitrogens with one attached hydrogen (secondary N) is 2. The summed E-state index contributed by atoms with van der Waals surface area (Å²) in [5, 5.41) is 20.1. The van der Waals surface area contributed by atoms with Gasteiger partial charge < -0.3 is 25.6 Å². The molecule has 168 valence electrons. The van der Waals surface area contributed by atoms with E-state index in [2.05, 4.69) is 11.9 Å². The van der Waals surface area contributed by atoms with Crippen LogP contribution in [0, 0.1) is 5.41 Å². The fraction of sp³-hybridized carbons (Fsp3) is 0.273. The minimum absolute atomic E-state index is 0. The number of ether oxygens (including phenoxy) is 2. The van der Waals surface area contributed by atoms with Crippen LogP contribution in [0.25, 0.3) is 5.03 Å². The SMILES string of the molecule is C=C(Cl)c1cc(CC)cc(C(Nc2ccc(C(=N)N)cc2)C(=O)OC)c1OCCO.Cl. The smallest absolute Gasteiger partial charge is 0.333 e. The lowest BCUT2D eigenvalue weighted by Gasteiger charge is -2.24. The maximum Gasteiger partial charge on any atom is 0.333 e. The van der Waals surface area contributed by atoms with Crippen molar-refractivity contribution >= 4 is 46.5 Å². The van der Waals surface area contributed by atoms with Crippen molar-refractivity contribution in [2.75, 3.05) is 25.6 Å². The van der Waals surface area contributed by atoms with Gasteiger partial charge in [0, 0.05) is 27.4 Å². The van der Waals surface area contributed by atoms with Gasteiger partial charge in [0.05, 0.1) is 13.7 Å². The third-order valence-corrected chi connectivity index (χ3v) is 4.67. The molecule has 31 heavy (non-hydrogen) atoms. The topological polar surface area (TPSA) is 118 Å². The zero-order chi connectivity index (χ0) is 22.3. The maximum atomic E-state index is 12.7. The van der Waals surface area contributed by atoms with Crippen LogP contribution in [0.2, 0.25) is 0 Å². The fourth-order valence-corrected chi connectivity index (χ4v) is 3.08. The molecule has 0 spiro atoms. The summed E-state index contributed by atoms with van der Waals surface area (Å²) in [6.07, 6.45) is 0.700. The van der Waals surface area contributed by atoms with E-state index >= 15 is 0 Å². The number of nitrogens with two attached hydrogens (primary N) is 1. The van der Waals surface area contributed by atoms with Crippen molar-refractivity contribution < 1.29 is 19.4 Å². The number of carbonyl (C=O) groups excluding carboxylic acids is 1. The molecule has 0 radical (unpaired) electrons. The highest BCUT2D eigenvalue weighted by atomic mass is 35.5. The second kappa shape index (κ2) is 12.2. The van der Waals surface area contributed by atoms with Crippen LogP contribution >= 0.6 is 24.0 Å². The average molecular weight is 468 g/mol. The molecule has 0 saturated heterocycles. The quantitative estimate of drug-likeness (QED) is 0.239. The first-order valence-electron chi connectivity index (χ1n) is 9.36. The van der Waals surface area contributed by atoms with Crippen LogP contribution in [-0.2, 0) is 16.0 Å². The Bertz CT molecular complexity index is 933. The normalized spacial score (nSPS) is 11.1. The summed E-state index contributed by atoms with van der Waals surface area (Å²) in [5.41, 5.74) is 8.68. The van der Waals surface area contributed by atoms with Crippen LogP contribution in [0.4, 0.5) is 5.69 Å². The Balaban J connectivity index is 0.00000480. The predicted octanol–water partition coefficient (Wildman–Crippen LogP) is 3.86. The molecule has 0 aliphatic heterocycles. The summed E-state index contributed by atoms with van der Waals surface area (Å²) in [6, 6.07) is 9.56. The molecule has 1 atom stereocenters. The summed E-state index contributed by atoms with van der Waals surface area (Å²) < 4.78 is 10.8. The molecule has 0 aromatic heterocycles. The first-order valence-corrected chi connectivity index (χ1v) is 9.74. The van der Waals surface area contributed by atoms with Gasteiger partial charge in [-0.3, -0.25) is 5.41 Å². The number of methoxy groups -OCH3 is 1. The highest BCUT2D eigenvalue weighted by molar-refractivity contribution is 6.48. The lowest BCUT2D eigenvalue weighted by molar-refractivity contribution is -0.141. The largest absolute Gasteiger partial charge is 0.490 e. The third kappa shape index (κ3) is 6.62. The highest BCUT2D eigenvalue weighted by Crippen LogP contribution is 2.38. The van der Waals surface area contributed by atoms with Crippen LogP contribution < -0.4 is 15.8 Å². The van der Waals surface area contributed by atoms with E-state index < -0.39 is 12.0 Å². The van der Waals surface area contributed by atoms with Gasteiger partial charge in [-0.15, -0.1) is 12.4 Å². The van der Waals surface area contributed by atoms with Crippen molar-refractivity contribution in [3.63, 3.8) is 0 Å². The average Bonchev–Trinajstić information content (AvgIpc) is 2.75. The van der Waals surface area contributed by atoms with E-state index in [0.717, 1.165) is 5.56 Å². The molecule has 0 amide bonds. The fourth-order valence-electron chi connectivity index (χ4n) is 2.94. The van der Waals surface area contributed by atoms with Gasteiger partial charge in [0.2, 0.25) is 0 Å². The molecular weight excluding hydrogens is 441 g/mol. The maximum absolute atomic E-state index is 12.7. The van der Waals surface area contributed by atoms with Crippen LogP contribution in [-0.4, -0.2) is 37.2 Å². The monoisotopic (exact) mass is 467 g/mol. The molecule has 0 heterocycles. The Hall–Kier alpha value is -2.74. The number of benzene rings is 2. The standard InChI is InChI=1S/C22H26ClN3O4.ClH/c1-4-14-11-17(13(2)23)20(30-10-9-27)18(12-14)19(22(28)29-3)26-16-7-5-15(6-8-16)21(24)25;/h5-8,11-12,19,26-27H,2,4,9-10H2,1,3H3,(H3,24,25);1H. The second-order valence-corrected chi connectivity index (χ2v) is 6.94. The van der Waals surface area contributed by atoms with E-state index in [9.17, 15) is 9.90 Å². The molecule has 0 fully saturated rings. The van der Waals surface area contributed by atoms with Gasteiger partial charge in [-0.2, -0.15) is 0 Å². The zero-order valence-electron chi connectivity index (χ0n) is 17.4. The van der Waals surface area contributed by atoms with E-state index in [4.69, 9.17) is 32.2 Å². The number of amidine groups is 1. The predicted molar refractivity (Wildman–Crippen MR) is 126 cm³/mol. The molecule has 2 rings (SSSR count). The van der Waals surface area contributed by atoms with Gasteiger partial charge >= 0.3 is 5.97 Å². The minimum Gasteiger partial charge on any atom is -0.490 e. The Kier molecular flexibility index (Phi) is 10.3. The van der Waals surface area contributed by atoms with E-state index in [1.807, 2.05) is 19.1 Å². The number of rotatable bonds is 10. The molecule has 9 heteroatoms. The van der Waals surface area contributed by atoms with Crippen molar-refractivity contribution in [1.82, 2.24) is 0 Å². The van der Waals surface area contributed by atoms with E-state index in [1.165, 1.54) is 7.11 Å². The molecule has 0 aliphatic carbocycles. The van der Waals surface area contributed by atoms with Gasteiger partial charge in [-0.25, -0.2) is 4.79 Å². The van der Waals surface area contributed by atoms with Crippen LogP contribution in [0.3, 0.4) is 0 Å². The number of aryl methyl sites for hydroxylation is 1. The van der Waals surface area contributed by atoms with Crippen molar-refractivity contribution in [2.45, 2.75) is 19.4 Å². The molecule has 5 N–H and O–H groups in total. The number of hydrogen-bond donors (Lipinski definition) is 4. The number of halogens is 2. The highest BCUT2D eigenvalue weighted by Gasteiger charge is 2.28. The van der Waals surface area contributed by atoms with Gasteiger partial charge in [0.15, 0.2) is 6.04 Å². The summed E-state index contributed by atoms with van der Waals surface area (Å²) in [4.78, 5) is 12.7. The molecule has 2 aromatic rings. The van der Waals surface area contributed by atoms with E-state index in [0.29, 0.717) is 34.5 Å². The number of nitrogen functional groups attached to an aromatic ring is 1. The molecule has 7 nitrogen and oxygen atoms in total. The van der Waals surface area contributed by atoms with Gasteiger partial charge in [0.1, 0.15) is 18.2 Å². The lowest BCUT2D eigenvalue weighted by Crippen LogP contribution is -2.24. The van der Waals surface area contributed by atoms with Crippen molar-refractivity contribution in [1.29, 1.82) is 5.41 Å². The van der Waals surface area contributed by atoms with Crippen molar-refractivity contribution in [3.05, 3.63) is 65.2 Å². The molecule has 0 aliphatic rings. The van der Waals surface area contributed by atoms with E-state index in [1.54, 1.807) is 24.3 Å². The van der Waals surface area contributed by atoms with Crippen molar-refractivity contribution in [3.8, 4) is 5.75 Å². The van der Waals surface area contributed by atoms with Gasteiger partial charge in [-0.05, 0) is 48.4 Å². The van der Waals surface area contributed by atoms with Gasteiger partial charge in [-0.1, -0.05) is 25.1 Å². The number of aliphatic hydroxyl groups excluding tert-OH is 1. The Labute approximate surface area is 193 Å². The molecular formula is C22H27Cl2N3O4. The Morgan fingerprint density at radius 1 is 1.32 bits per heavy atom. The number of anilines is 1. The summed E-state index contributed by atoms with van der Waals surface area (Å²) in [7, 11) is 1.30. The molecule has 2 aromatic carbocycles. The van der Waals surface area contributed by atoms with E-state index in [-0.39, 0.29) is 36.5 Å². The first kappa shape index (κ1) is 26.3. The lowest BCUT2D eigenvalue weighted by atomic mass is 9.96. The second-order valence-electron chi connectivity index (χ2n) is 6.48. The zero-order valence-corrected chi connectivity index (χ0v) is 19.0. The summed E-state index contributed by atoms with van der Waals surface area (Å²) in [6.45, 7) is 5.60. The van der Waals surface area contributed by atoms with Crippen LogP contribution in [0.1, 0.15) is 35.2 Å². The summed E-state index contributed by atoms with van der Waals surface area (Å²) >= 11 is 6.21. The Morgan fingerprint density at radius 2 is 1.97 bits per heavy atom. The molecule has 0 saturated carbocycles. The number of carbonyl (C=O) groups is 1. The minimum atomic E-state index is -0.909. The number of esters is 1. The Morgan fingerprint density at radius 3 is 2.45 bits per heavy atom. The van der Waals surface area contributed by atoms with Crippen LogP contribution in [0.5, 0.6) is 5.75 Å². The molecule has 1 unspecified atom stereocenters. The number of aliphatic hydroxyl groups is 1. The van der Waals surface area contributed by atoms with Gasteiger partial charge in [0.25, 0.3) is 0 Å². The summed E-state index contributed by atoms with van der Waals surface area (Å²) in [5.74, 6) is -0.227. The van der Waals surface area contributed by atoms with Crippen molar-refractivity contribution in [2.24, 2.45) is 5.73 Å². The third-order valence-electron chi connectivity index (χ3n) is 4.47. The van der Waals surface area contributed by atoms with Crippen LogP contribution in [0.15, 0.2) is 43.0 Å². The number of hydrogen-bond acceptors (Lipinski definition) is 6. The first-order chi connectivity index (χ1) is 14.3.